The predicted molar refractivity (Wildman–Crippen MR) is 106 cm³/mol. The van der Waals surface area contributed by atoms with Crippen LogP contribution in [-0.2, 0) is 9.53 Å². The first kappa shape index (κ1) is 23.3. The van der Waals surface area contributed by atoms with Gasteiger partial charge < -0.3 is 15.4 Å². The fraction of sp³-hybridized carbons (Fsp3) is 0.895. The molecule has 0 aromatic heterocycles. The largest absolute Gasteiger partial charge is 0.385 e. The molecular formula is C19H38N2O2S. The Kier molecular flexibility index (Phi) is 18.1. The highest BCUT2D eigenvalue weighted by Gasteiger charge is 2.03. The van der Waals surface area contributed by atoms with Crippen LogP contribution in [0.1, 0.15) is 90.4 Å². The van der Waals surface area contributed by atoms with E-state index >= 15 is 0 Å². The zero-order valence-corrected chi connectivity index (χ0v) is 16.6. The third-order valence-electron chi connectivity index (χ3n) is 4.07. The van der Waals surface area contributed by atoms with Crippen LogP contribution in [0, 0.1) is 0 Å². The summed E-state index contributed by atoms with van der Waals surface area (Å²) < 4.78 is 4.96. The lowest BCUT2D eigenvalue weighted by atomic mass is 10.1. The summed E-state index contributed by atoms with van der Waals surface area (Å²) in [6.45, 7) is 3.68. The number of methoxy groups -OCH3 is 1. The van der Waals surface area contributed by atoms with E-state index in [-0.39, 0.29) is 5.91 Å². The molecule has 142 valence electrons. The number of amides is 1. The quantitative estimate of drug-likeness (QED) is 0.310. The van der Waals surface area contributed by atoms with Crippen molar-refractivity contribution >= 4 is 23.2 Å². The zero-order chi connectivity index (χ0) is 17.9. The lowest BCUT2D eigenvalue weighted by Crippen LogP contribution is -2.39. The summed E-state index contributed by atoms with van der Waals surface area (Å²) in [6, 6.07) is 0. The second-order valence-corrected chi connectivity index (χ2v) is 6.84. The predicted octanol–water partition coefficient (Wildman–Crippen LogP) is 4.71. The van der Waals surface area contributed by atoms with E-state index in [1.165, 1.54) is 57.8 Å². The van der Waals surface area contributed by atoms with Gasteiger partial charge in [-0.15, -0.1) is 0 Å². The Balaban J connectivity index is 3.29. The van der Waals surface area contributed by atoms with Gasteiger partial charge in [-0.1, -0.05) is 71.1 Å². The van der Waals surface area contributed by atoms with E-state index in [2.05, 4.69) is 17.6 Å². The van der Waals surface area contributed by atoms with E-state index < -0.39 is 0 Å². The Bertz CT molecular complexity index is 312. The van der Waals surface area contributed by atoms with Crippen LogP contribution in [0.25, 0.3) is 0 Å². The SMILES string of the molecule is CCCCCCCCCCCCCC(=O)NC(=S)NCCCOC. The summed E-state index contributed by atoms with van der Waals surface area (Å²) in [5.41, 5.74) is 0. The van der Waals surface area contributed by atoms with Crippen molar-refractivity contribution in [2.75, 3.05) is 20.3 Å². The summed E-state index contributed by atoms with van der Waals surface area (Å²) in [7, 11) is 1.67. The highest BCUT2D eigenvalue weighted by Crippen LogP contribution is 2.11. The molecule has 0 aliphatic rings. The maximum atomic E-state index is 11.7. The van der Waals surface area contributed by atoms with Crippen LogP contribution in [0.15, 0.2) is 0 Å². The highest BCUT2D eigenvalue weighted by atomic mass is 32.1. The van der Waals surface area contributed by atoms with Crippen molar-refractivity contribution in [2.45, 2.75) is 90.4 Å². The number of ether oxygens (including phenoxy) is 1. The lowest BCUT2D eigenvalue weighted by Gasteiger charge is -2.09. The first-order chi connectivity index (χ1) is 11.7. The molecule has 0 bridgehead atoms. The third-order valence-corrected chi connectivity index (χ3v) is 4.32. The van der Waals surface area contributed by atoms with Crippen molar-refractivity contribution in [2.24, 2.45) is 0 Å². The molecule has 0 radical (unpaired) electrons. The second kappa shape index (κ2) is 18.7. The van der Waals surface area contributed by atoms with Gasteiger partial charge in [0.1, 0.15) is 0 Å². The Morgan fingerprint density at radius 3 is 1.96 bits per heavy atom. The van der Waals surface area contributed by atoms with Gasteiger partial charge in [0, 0.05) is 26.7 Å². The van der Waals surface area contributed by atoms with Crippen LogP contribution in [0.4, 0.5) is 0 Å². The van der Waals surface area contributed by atoms with Gasteiger partial charge in [-0.2, -0.15) is 0 Å². The zero-order valence-electron chi connectivity index (χ0n) is 15.8. The van der Waals surface area contributed by atoms with Crippen LogP contribution in [0.5, 0.6) is 0 Å². The maximum absolute atomic E-state index is 11.7. The number of carbonyl (C=O) groups is 1. The normalized spacial score (nSPS) is 10.6. The van der Waals surface area contributed by atoms with E-state index in [4.69, 9.17) is 17.0 Å². The summed E-state index contributed by atoms with van der Waals surface area (Å²) in [5.74, 6) is 0.0233. The average Bonchev–Trinajstić information content (AvgIpc) is 2.56. The topological polar surface area (TPSA) is 50.4 Å². The fourth-order valence-electron chi connectivity index (χ4n) is 2.60. The standard InChI is InChI=1S/C19H38N2O2S/c1-3-4-5-6-7-8-9-10-11-12-13-15-18(22)21-19(24)20-16-14-17-23-2/h3-17H2,1-2H3,(H2,20,21,22,24). The van der Waals surface area contributed by atoms with E-state index in [9.17, 15) is 4.79 Å². The number of hydrogen-bond acceptors (Lipinski definition) is 3. The van der Waals surface area contributed by atoms with Crippen molar-refractivity contribution < 1.29 is 9.53 Å². The highest BCUT2D eigenvalue weighted by molar-refractivity contribution is 7.80. The van der Waals surface area contributed by atoms with E-state index in [1.54, 1.807) is 7.11 Å². The number of unbranched alkanes of at least 4 members (excludes halogenated alkanes) is 10. The van der Waals surface area contributed by atoms with Crippen molar-refractivity contribution in [1.82, 2.24) is 10.6 Å². The summed E-state index contributed by atoms with van der Waals surface area (Å²) in [4.78, 5) is 11.7. The molecule has 0 atom stereocenters. The number of carbonyl (C=O) groups excluding carboxylic acids is 1. The third kappa shape index (κ3) is 17.7. The van der Waals surface area contributed by atoms with Gasteiger partial charge in [-0.05, 0) is 25.1 Å². The molecule has 0 rings (SSSR count). The van der Waals surface area contributed by atoms with Gasteiger partial charge in [0.2, 0.25) is 5.91 Å². The molecule has 0 saturated heterocycles. The Labute approximate surface area is 154 Å². The lowest BCUT2D eigenvalue weighted by molar-refractivity contribution is -0.119. The van der Waals surface area contributed by atoms with Crippen molar-refractivity contribution in [3.8, 4) is 0 Å². The molecular weight excluding hydrogens is 320 g/mol. The van der Waals surface area contributed by atoms with Gasteiger partial charge in [-0.25, -0.2) is 0 Å². The molecule has 0 saturated carbocycles. The Morgan fingerprint density at radius 2 is 1.42 bits per heavy atom. The monoisotopic (exact) mass is 358 g/mol. The minimum atomic E-state index is 0.0233. The minimum absolute atomic E-state index is 0.0233. The molecule has 4 nitrogen and oxygen atoms in total. The van der Waals surface area contributed by atoms with Gasteiger partial charge in [0.05, 0.1) is 0 Å². The summed E-state index contributed by atoms with van der Waals surface area (Å²) in [5, 5.41) is 6.17. The Hall–Kier alpha value is -0.680. The molecule has 0 unspecified atom stereocenters. The molecule has 0 fully saturated rings. The average molecular weight is 359 g/mol. The van der Waals surface area contributed by atoms with E-state index in [0.29, 0.717) is 18.1 Å². The first-order valence-corrected chi connectivity index (χ1v) is 10.2. The molecule has 0 heterocycles. The molecule has 0 aliphatic carbocycles. The minimum Gasteiger partial charge on any atom is -0.385 e. The maximum Gasteiger partial charge on any atom is 0.226 e. The van der Waals surface area contributed by atoms with Crippen LogP contribution in [0.3, 0.4) is 0 Å². The summed E-state index contributed by atoms with van der Waals surface area (Å²) in [6.07, 6.45) is 15.7. The molecule has 0 aliphatic heterocycles. The van der Waals surface area contributed by atoms with Crippen LogP contribution in [-0.4, -0.2) is 31.3 Å². The van der Waals surface area contributed by atoms with Gasteiger partial charge in [0.25, 0.3) is 0 Å². The first-order valence-electron chi connectivity index (χ1n) is 9.77. The van der Waals surface area contributed by atoms with Gasteiger partial charge in [-0.3, -0.25) is 4.79 Å². The van der Waals surface area contributed by atoms with Crippen LogP contribution in [0.2, 0.25) is 0 Å². The Morgan fingerprint density at radius 1 is 0.875 bits per heavy atom. The van der Waals surface area contributed by atoms with Crippen LogP contribution < -0.4 is 10.6 Å². The van der Waals surface area contributed by atoms with Gasteiger partial charge in [0.15, 0.2) is 5.11 Å². The van der Waals surface area contributed by atoms with Crippen molar-refractivity contribution in [3.63, 3.8) is 0 Å². The molecule has 0 aromatic rings. The van der Waals surface area contributed by atoms with E-state index in [1.807, 2.05) is 0 Å². The molecule has 2 N–H and O–H groups in total. The number of hydrogen-bond donors (Lipinski definition) is 2. The van der Waals surface area contributed by atoms with Gasteiger partial charge >= 0.3 is 0 Å². The van der Waals surface area contributed by atoms with E-state index in [0.717, 1.165) is 25.8 Å². The van der Waals surface area contributed by atoms with Crippen molar-refractivity contribution in [3.05, 3.63) is 0 Å². The molecule has 5 heteroatoms. The summed E-state index contributed by atoms with van der Waals surface area (Å²) >= 11 is 5.08. The molecule has 0 aromatic carbocycles. The molecule has 0 spiro atoms. The fourth-order valence-corrected chi connectivity index (χ4v) is 2.82. The smallest absolute Gasteiger partial charge is 0.226 e. The number of nitrogens with one attached hydrogen (secondary N) is 2. The second-order valence-electron chi connectivity index (χ2n) is 6.44. The van der Waals surface area contributed by atoms with Crippen LogP contribution >= 0.6 is 12.2 Å². The number of thiocarbonyl (C=S) groups is 1. The van der Waals surface area contributed by atoms with Crippen molar-refractivity contribution in [1.29, 1.82) is 0 Å². The molecule has 24 heavy (non-hydrogen) atoms. The number of rotatable bonds is 16. The molecule has 1 amide bonds.